The lowest BCUT2D eigenvalue weighted by Gasteiger charge is -2.08. The minimum absolute atomic E-state index is 0.118. The second-order valence-corrected chi connectivity index (χ2v) is 6.32. The van der Waals surface area contributed by atoms with Gasteiger partial charge in [0.05, 0.1) is 4.91 Å². The maximum absolute atomic E-state index is 11.8. The van der Waals surface area contributed by atoms with Gasteiger partial charge in [0.15, 0.2) is 6.61 Å². The summed E-state index contributed by atoms with van der Waals surface area (Å²) in [7, 11) is 0. The quantitative estimate of drug-likeness (QED) is 0.552. The third kappa shape index (κ3) is 4.64. The average Bonchev–Trinajstić information content (AvgIpc) is 2.93. The molecule has 0 aliphatic carbocycles. The Labute approximate surface area is 153 Å². The molecule has 1 saturated heterocycles. The van der Waals surface area contributed by atoms with E-state index < -0.39 is 5.91 Å². The number of hydrogen-bond donors (Lipinski definition) is 3. The molecule has 3 amide bonds. The smallest absolute Gasteiger partial charge is 0.290 e. The Morgan fingerprint density at radius 3 is 2.42 bits per heavy atom. The van der Waals surface area contributed by atoms with Crippen LogP contribution in [0, 0.1) is 0 Å². The molecule has 0 bridgehead atoms. The maximum atomic E-state index is 11.8. The Hall–Kier alpha value is -3.26. The van der Waals surface area contributed by atoms with Crippen LogP contribution < -0.4 is 15.4 Å². The van der Waals surface area contributed by atoms with Gasteiger partial charge in [0.1, 0.15) is 11.5 Å². The van der Waals surface area contributed by atoms with Crippen LogP contribution in [0.1, 0.15) is 5.56 Å². The predicted molar refractivity (Wildman–Crippen MR) is 97.8 cm³/mol. The minimum Gasteiger partial charge on any atom is -0.508 e. The van der Waals surface area contributed by atoms with E-state index in [9.17, 15) is 19.5 Å². The fourth-order valence-electron chi connectivity index (χ4n) is 2.12. The van der Waals surface area contributed by atoms with Gasteiger partial charge in [-0.2, -0.15) is 0 Å². The van der Waals surface area contributed by atoms with Crippen LogP contribution in [-0.4, -0.2) is 28.8 Å². The highest BCUT2D eigenvalue weighted by atomic mass is 32.2. The lowest BCUT2D eigenvalue weighted by atomic mass is 10.2. The largest absolute Gasteiger partial charge is 0.508 e. The fourth-order valence-corrected chi connectivity index (χ4v) is 2.81. The van der Waals surface area contributed by atoms with Crippen molar-refractivity contribution >= 4 is 40.6 Å². The molecule has 0 unspecified atom stereocenters. The molecule has 7 nitrogen and oxygen atoms in total. The number of nitrogens with one attached hydrogen (secondary N) is 2. The number of phenols is 1. The third-order valence-corrected chi connectivity index (χ3v) is 4.15. The molecular weight excluding hydrogens is 356 g/mol. The zero-order chi connectivity index (χ0) is 18.5. The molecule has 1 aliphatic rings. The topological polar surface area (TPSA) is 105 Å². The highest BCUT2D eigenvalue weighted by molar-refractivity contribution is 8.18. The van der Waals surface area contributed by atoms with Gasteiger partial charge in [-0.15, -0.1) is 0 Å². The number of aromatic hydroxyl groups is 1. The number of imide groups is 1. The molecule has 132 valence electrons. The standard InChI is InChI=1S/C18H14N2O5S/c21-13-5-3-12(4-6-13)19-16(22)10-25-14-7-1-11(2-8-14)9-15-17(23)20-18(24)26-15/h1-9,21H,10H2,(H,19,22)(H,20,23,24)/b15-9-. The van der Waals surface area contributed by atoms with Crippen LogP contribution in [-0.2, 0) is 9.59 Å². The summed E-state index contributed by atoms with van der Waals surface area (Å²) < 4.78 is 5.41. The van der Waals surface area contributed by atoms with Crippen molar-refractivity contribution in [3.63, 3.8) is 0 Å². The molecule has 26 heavy (non-hydrogen) atoms. The van der Waals surface area contributed by atoms with E-state index in [0.717, 1.165) is 17.3 Å². The Morgan fingerprint density at radius 2 is 1.81 bits per heavy atom. The van der Waals surface area contributed by atoms with Gasteiger partial charge in [0.25, 0.3) is 17.1 Å². The number of anilines is 1. The third-order valence-electron chi connectivity index (χ3n) is 3.34. The number of benzene rings is 2. The summed E-state index contributed by atoms with van der Waals surface area (Å²) >= 11 is 0.850. The average molecular weight is 370 g/mol. The van der Waals surface area contributed by atoms with Crippen molar-refractivity contribution in [2.24, 2.45) is 0 Å². The summed E-state index contributed by atoms with van der Waals surface area (Å²) in [6, 6.07) is 12.9. The number of amides is 3. The number of carbonyl (C=O) groups is 3. The van der Waals surface area contributed by atoms with E-state index >= 15 is 0 Å². The van der Waals surface area contributed by atoms with Crippen molar-refractivity contribution in [1.82, 2.24) is 5.32 Å². The highest BCUT2D eigenvalue weighted by Gasteiger charge is 2.24. The van der Waals surface area contributed by atoms with Crippen LogP contribution in [0.5, 0.6) is 11.5 Å². The van der Waals surface area contributed by atoms with Gasteiger partial charge in [0.2, 0.25) is 0 Å². The molecule has 0 aromatic heterocycles. The first-order chi connectivity index (χ1) is 12.5. The first-order valence-electron chi connectivity index (χ1n) is 7.56. The molecule has 0 radical (unpaired) electrons. The number of rotatable bonds is 5. The van der Waals surface area contributed by atoms with Crippen molar-refractivity contribution in [2.75, 3.05) is 11.9 Å². The number of carbonyl (C=O) groups excluding carboxylic acids is 3. The van der Waals surface area contributed by atoms with E-state index in [4.69, 9.17) is 4.74 Å². The molecule has 3 rings (SSSR count). The SMILES string of the molecule is O=C(COc1ccc(/C=C2\SC(=O)NC2=O)cc1)Nc1ccc(O)cc1. The van der Waals surface area contributed by atoms with Gasteiger partial charge in [0, 0.05) is 5.69 Å². The maximum Gasteiger partial charge on any atom is 0.290 e. The summed E-state index contributed by atoms with van der Waals surface area (Å²) in [5.41, 5.74) is 1.29. The molecule has 0 atom stereocenters. The van der Waals surface area contributed by atoms with Gasteiger partial charge >= 0.3 is 0 Å². The van der Waals surface area contributed by atoms with E-state index in [0.29, 0.717) is 16.3 Å². The Balaban J connectivity index is 1.53. The van der Waals surface area contributed by atoms with Crippen LogP contribution in [0.3, 0.4) is 0 Å². The van der Waals surface area contributed by atoms with Crippen molar-refractivity contribution in [3.05, 3.63) is 59.0 Å². The summed E-state index contributed by atoms with van der Waals surface area (Å²) in [6.45, 7) is -0.173. The van der Waals surface area contributed by atoms with Crippen molar-refractivity contribution < 1.29 is 24.2 Å². The number of ether oxygens (including phenoxy) is 1. The summed E-state index contributed by atoms with van der Waals surface area (Å²) in [5, 5.41) is 13.6. The van der Waals surface area contributed by atoms with Crippen LogP contribution >= 0.6 is 11.8 Å². The number of phenolic OH excluding ortho intramolecular Hbond substituents is 1. The Morgan fingerprint density at radius 1 is 1.12 bits per heavy atom. The lowest BCUT2D eigenvalue weighted by molar-refractivity contribution is -0.118. The zero-order valence-electron chi connectivity index (χ0n) is 13.4. The normalized spacial score (nSPS) is 15.0. The van der Waals surface area contributed by atoms with E-state index in [1.807, 2.05) is 0 Å². The Kier molecular flexibility index (Phi) is 5.23. The second kappa shape index (κ2) is 7.75. The predicted octanol–water partition coefficient (Wildman–Crippen LogP) is 2.73. The minimum atomic E-state index is -0.411. The van der Waals surface area contributed by atoms with Gasteiger partial charge in [-0.25, -0.2) is 0 Å². The van der Waals surface area contributed by atoms with E-state index in [2.05, 4.69) is 10.6 Å². The van der Waals surface area contributed by atoms with Crippen LogP contribution in [0.4, 0.5) is 10.5 Å². The molecule has 1 fully saturated rings. The van der Waals surface area contributed by atoms with Gasteiger partial charge in [-0.1, -0.05) is 12.1 Å². The van der Waals surface area contributed by atoms with Crippen LogP contribution in [0.2, 0.25) is 0 Å². The Bertz CT molecular complexity index is 875. The summed E-state index contributed by atoms with van der Waals surface area (Å²) in [4.78, 5) is 34.8. The van der Waals surface area contributed by atoms with Gasteiger partial charge in [-0.05, 0) is 59.8 Å². The number of thioether (sulfide) groups is 1. The van der Waals surface area contributed by atoms with Crippen molar-refractivity contribution in [1.29, 1.82) is 0 Å². The van der Waals surface area contributed by atoms with E-state index in [1.54, 1.807) is 42.5 Å². The van der Waals surface area contributed by atoms with Crippen molar-refractivity contribution in [3.8, 4) is 11.5 Å². The van der Waals surface area contributed by atoms with Crippen LogP contribution in [0.15, 0.2) is 53.4 Å². The molecule has 8 heteroatoms. The second-order valence-electron chi connectivity index (χ2n) is 5.30. The zero-order valence-corrected chi connectivity index (χ0v) is 14.2. The van der Waals surface area contributed by atoms with Crippen molar-refractivity contribution in [2.45, 2.75) is 0 Å². The molecule has 1 heterocycles. The monoisotopic (exact) mass is 370 g/mol. The molecule has 0 spiro atoms. The number of hydrogen-bond acceptors (Lipinski definition) is 6. The molecule has 2 aromatic carbocycles. The molecule has 1 aliphatic heterocycles. The molecule has 0 saturated carbocycles. The fraction of sp³-hybridized carbons (Fsp3) is 0.0556. The first kappa shape index (κ1) is 17.6. The highest BCUT2D eigenvalue weighted by Crippen LogP contribution is 2.26. The van der Waals surface area contributed by atoms with E-state index in [1.165, 1.54) is 12.1 Å². The molecule has 2 aromatic rings. The van der Waals surface area contributed by atoms with E-state index in [-0.39, 0.29) is 23.5 Å². The molecular formula is C18H14N2O5S. The van der Waals surface area contributed by atoms with Gasteiger partial charge < -0.3 is 15.2 Å². The first-order valence-corrected chi connectivity index (χ1v) is 8.38. The summed E-state index contributed by atoms with van der Waals surface area (Å²) in [5.74, 6) is -0.134. The van der Waals surface area contributed by atoms with Crippen LogP contribution in [0.25, 0.3) is 6.08 Å². The molecule has 3 N–H and O–H groups in total. The van der Waals surface area contributed by atoms with Gasteiger partial charge in [-0.3, -0.25) is 19.7 Å². The summed E-state index contributed by atoms with van der Waals surface area (Å²) in [6.07, 6.45) is 1.60. The lowest BCUT2D eigenvalue weighted by Crippen LogP contribution is -2.20.